The van der Waals surface area contributed by atoms with E-state index in [1.807, 2.05) is 55.5 Å². The predicted octanol–water partition coefficient (Wildman–Crippen LogP) is 3.66. The standard InChI is InChI=1S/C27H33N3O5/c1-4-35-27(32)20-13-15-29(16-14-20)18-26(31)30-24(22-7-5-6-8-25(22)34-3)17-23(28-30)19-9-11-21(33-2)12-10-19/h5-12,20,24H,4,13-18H2,1-3H3/t24-/m0/s1. The minimum Gasteiger partial charge on any atom is -0.497 e. The first kappa shape index (κ1) is 24.7. The maximum absolute atomic E-state index is 13.5. The summed E-state index contributed by atoms with van der Waals surface area (Å²) in [6.07, 6.45) is 1.98. The number of ether oxygens (including phenoxy) is 3. The Balaban J connectivity index is 1.52. The van der Waals surface area contributed by atoms with E-state index in [4.69, 9.17) is 19.3 Å². The van der Waals surface area contributed by atoms with Crippen molar-refractivity contribution in [2.24, 2.45) is 11.0 Å². The highest BCUT2D eigenvalue weighted by Gasteiger charge is 2.36. The highest BCUT2D eigenvalue weighted by molar-refractivity contribution is 6.03. The maximum atomic E-state index is 13.5. The van der Waals surface area contributed by atoms with Gasteiger partial charge in [0.25, 0.3) is 5.91 Å². The molecule has 2 heterocycles. The summed E-state index contributed by atoms with van der Waals surface area (Å²) in [5.74, 6) is 1.21. The molecule has 1 saturated heterocycles. The van der Waals surface area contributed by atoms with E-state index < -0.39 is 0 Å². The number of rotatable bonds is 8. The van der Waals surface area contributed by atoms with Crippen LogP contribution in [0.15, 0.2) is 53.6 Å². The number of esters is 1. The molecule has 0 saturated carbocycles. The second-order valence-electron chi connectivity index (χ2n) is 8.78. The number of methoxy groups -OCH3 is 2. The Bertz CT molecular complexity index is 1060. The lowest BCUT2D eigenvalue weighted by atomic mass is 9.96. The molecule has 2 aromatic rings. The van der Waals surface area contributed by atoms with E-state index in [-0.39, 0.29) is 30.4 Å². The lowest BCUT2D eigenvalue weighted by Crippen LogP contribution is -2.43. The summed E-state index contributed by atoms with van der Waals surface area (Å²) in [6, 6.07) is 15.2. The van der Waals surface area contributed by atoms with Crippen LogP contribution < -0.4 is 9.47 Å². The SMILES string of the molecule is CCOC(=O)C1CCN(CC(=O)N2N=C(c3ccc(OC)cc3)C[C@H]2c2ccccc2OC)CC1. The molecule has 0 spiro atoms. The molecule has 0 radical (unpaired) electrons. The molecule has 2 aromatic carbocycles. The van der Waals surface area contributed by atoms with E-state index in [1.165, 1.54) is 0 Å². The Labute approximate surface area is 206 Å². The number of amides is 1. The van der Waals surface area contributed by atoms with Crippen LogP contribution in [0.5, 0.6) is 11.5 Å². The van der Waals surface area contributed by atoms with Gasteiger partial charge in [0.1, 0.15) is 11.5 Å². The van der Waals surface area contributed by atoms with Crippen molar-refractivity contribution in [1.29, 1.82) is 0 Å². The van der Waals surface area contributed by atoms with Crippen LogP contribution in [0.2, 0.25) is 0 Å². The first-order valence-electron chi connectivity index (χ1n) is 12.1. The van der Waals surface area contributed by atoms with E-state index in [9.17, 15) is 9.59 Å². The molecule has 8 heteroatoms. The molecule has 1 atom stereocenters. The summed E-state index contributed by atoms with van der Waals surface area (Å²) in [7, 11) is 3.27. The Kier molecular flexibility index (Phi) is 8.02. The van der Waals surface area contributed by atoms with Crippen molar-refractivity contribution in [3.8, 4) is 11.5 Å². The van der Waals surface area contributed by atoms with Gasteiger partial charge in [-0.05, 0) is 68.8 Å². The van der Waals surface area contributed by atoms with Gasteiger partial charge < -0.3 is 14.2 Å². The fourth-order valence-electron chi connectivity index (χ4n) is 4.73. The summed E-state index contributed by atoms with van der Waals surface area (Å²) < 4.78 is 16.0. The van der Waals surface area contributed by atoms with Crippen LogP contribution in [-0.4, -0.2) is 68.0 Å². The molecule has 4 rings (SSSR count). The van der Waals surface area contributed by atoms with Crippen LogP contribution in [0.25, 0.3) is 0 Å². The zero-order valence-electron chi connectivity index (χ0n) is 20.6. The van der Waals surface area contributed by atoms with Gasteiger partial charge in [-0.1, -0.05) is 18.2 Å². The van der Waals surface area contributed by atoms with E-state index >= 15 is 0 Å². The topological polar surface area (TPSA) is 80.7 Å². The first-order valence-corrected chi connectivity index (χ1v) is 12.1. The third kappa shape index (κ3) is 5.65. The van der Waals surface area contributed by atoms with Crippen molar-refractivity contribution in [3.63, 3.8) is 0 Å². The monoisotopic (exact) mass is 479 g/mol. The molecule has 35 heavy (non-hydrogen) atoms. The van der Waals surface area contributed by atoms with Crippen LogP contribution >= 0.6 is 0 Å². The molecule has 1 amide bonds. The maximum Gasteiger partial charge on any atom is 0.309 e. The van der Waals surface area contributed by atoms with E-state index in [1.54, 1.807) is 19.2 Å². The molecule has 2 aliphatic heterocycles. The fourth-order valence-corrected chi connectivity index (χ4v) is 4.73. The highest BCUT2D eigenvalue weighted by Crippen LogP contribution is 2.37. The minimum atomic E-state index is -0.257. The molecule has 0 aliphatic carbocycles. The van der Waals surface area contributed by atoms with Gasteiger partial charge in [0, 0.05) is 12.0 Å². The number of benzene rings is 2. The number of hydrogen-bond donors (Lipinski definition) is 0. The largest absolute Gasteiger partial charge is 0.497 e. The number of para-hydroxylation sites is 1. The highest BCUT2D eigenvalue weighted by atomic mass is 16.5. The third-order valence-electron chi connectivity index (χ3n) is 6.65. The molecule has 0 bridgehead atoms. The molecule has 8 nitrogen and oxygen atoms in total. The Morgan fingerprint density at radius 2 is 1.71 bits per heavy atom. The van der Waals surface area contributed by atoms with Gasteiger partial charge in [0.05, 0.1) is 45.0 Å². The Morgan fingerprint density at radius 3 is 2.37 bits per heavy atom. The number of piperidine rings is 1. The quantitative estimate of drug-likeness (QED) is 0.538. The van der Waals surface area contributed by atoms with Gasteiger partial charge in [0.15, 0.2) is 0 Å². The number of likely N-dealkylation sites (tertiary alicyclic amines) is 1. The van der Waals surface area contributed by atoms with Gasteiger partial charge in [0.2, 0.25) is 0 Å². The summed E-state index contributed by atoms with van der Waals surface area (Å²) >= 11 is 0. The van der Waals surface area contributed by atoms with E-state index in [2.05, 4.69) is 4.90 Å². The van der Waals surface area contributed by atoms with Gasteiger partial charge >= 0.3 is 5.97 Å². The Morgan fingerprint density at radius 1 is 1.00 bits per heavy atom. The van der Waals surface area contributed by atoms with Crippen LogP contribution in [-0.2, 0) is 14.3 Å². The average molecular weight is 480 g/mol. The van der Waals surface area contributed by atoms with Crippen molar-refractivity contribution in [1.82, 2.24) is 9.91 Å². The van der Waals surface area contributed by atoms with Gasteiger partial charge in [-0.15, -0.1) is 0 Å². The first-order chi connectivity index (χ1) is 17.0. The van der Waals surface area contributed by atoms with Crippen LogP contribution in [0, 0.1) is 5.92 Å². The van der Waals surface area contributed by atoms with E-state index in [0.29, 0.717) is 39.0 Å². The summed E-state index contributed by atoms with van der Waals surface area (Å²) in [4.78, 5) is 27.7. The number of carbonyl (C=O) groups is 2. The van der Waals surface area contributed by atoms with Crippen LogP contribution in [0.3, 0.4) is 0 Å². The number of hydrogen-bond acceptors (Lipinski definition) is 7. The van der Waals surface area contributed by atoms with Crippen molar-refractivity contribution in [2.75, 3.05) is 40.5 Å². The third-order valence-corrected chi connectivity index (χ3v) is 6.65. The fraction of sp³-hybridized carbons (Fsp3) is 0.444. The normalized spacial score (nSPS) is 18.8. The lowest BCUT2D eigenvalue weighted by molar-refractivity contribution is -0.149. The number of nitrogens with zero attached hydrogens (tertiary/aromatic N) is 3. The zero-order valence-corrected chi connectivity index (χ0v) is 20.6. The molecule has 186 valence electrons. The summed E-state index contributed by atoms with van der Waals surface area (Å²) in [5, 5.41) is 6.39. The van der Waals surface area contributed by atoms with Crippen molar-refractivity contribution >= 4 is 17.6 Å². The number of carbonyl (C=O) groups excluding carboxylic acids is 2. The summed E-state index contributed by atoms with van der Waals surface area (Å²) in [5.41, 5.74) is 2.73. The van der Waals surface area contributed by atoms with Crippen LogP contribution in [0.4, 0.5) is 0 Å². The second-order valence-corrected chi connectivity index (χ2v) is 8.78. The molecule has 1 fully saturated rings. The molecular weight excluding hydrogens is 446 g/mol. The molecule has 2 aliphatic rings. The van der Waals surface area contributed by atoms with Crippen molar-refractivity contribution < 1.29 is 23.8 Å². The molecule has 0 aromatic heterocycles. The molecule has 0 unspecified atom stereocenters. The van der Waals surface area contributed by atoms with Gasteiger partial charge in [-0.2, -0.15) is 5.10 Å². The smallest absolute Gasteiger partial charge is 0.309 e. The minimum absolute atomic E-state index is 0.0704. The Hall–Kier alpha value is -3.39. The second kappa shape index (κ2) is 11.4. The number of hydrazone groups is 1. The molecule has 0 N–H and O–H groups in total. The molecular formula is C27H33N3O5. The van der Waals surface area contributed by atoms with Gasteiger partial charge in [-0.25, -0.2) is 5.01 Å². The predicted molar refractivity (Wildman–Crippen MR) is 133 cm³/mol. The average Bonchev–Trinajstić information content (AvgIpc) is 3.35. The zero-order chi connectivity index (χ0) is 24.8. The summed E-state index contributed by atoms with van der Waals surface area (Å²) in [6.45, 7) is 3.82. The van der Waals surface area contributed by atoms with Crippen molar-refractivity contribution in [2.45, 2.75) is 32.2 Å². The van der Waals surface area contributed by atoms with Gasteiger partial charge in [-0.3, -0.25) is 14.5 Å². The van der Waals surface area contributed by atoms with Crippen LogP contribution in [0.1, 0.15) is 43.4 Å². The lowest BCUT2D eigenvalue weighted by Gasteiger charge is -2.32. The van der Waals surface area contributed by atoms with E-state index in [0.717, 1.165) is 28.3 Å². The van der Waals surface area contributed by atoms with Crippen molar-refractivity contribution in [3.05, 3.63) is 59.7 Å².